The highest BCUT2D eigenvalue weighted by Gasteiger charge is 2.75. The van der Waals surface area contributed by atoms with E-state index in [1.807, 2.05) is 0 Å². The van der Waals surface area contributed by atoms with Crippen LogP contribution in [0.1, 0.15) is 59.8 Å². The third-order valence-corrected chi connectivity index (χ3v) is 6.51. The van der Waals surface area contributed by atoms with Crippen LogP contribution in [0.3, 0.4) is 0 Å². The number of hydrogen-bond donors (Lipinski definition) is 0. The Morgan fingerprint density at radius 1 is 1.19 bits per heavy atom. The van der Waals surface area contributed by atoms with Gasteiger partial charge in [0, 0.05) is 12.3 Å². The summed E-state index contributed by atoms with van der Waals surface area (Å²) in [5.74, 6) is 1.58. The van der Waals surface area contributed by atoms with E-state index >= 15 is 0 Å². The van der Waals surface area contributed by atoms with Gasteiger partial charge in [0.25, 0.3) is 0 Å². The molecule has 0 amide bonds. The maximum atomic E-state index is 12.1. The molecule has 0 aromatic rings. The lowest BCUT2D eigenvalue weighted by molar-refractivity contribution is -0.139. The second kappa shape index (κ2) is 2.73. The topological polar surface area (TPSA) is 17.1 Å². The van der Waals surface area contributed by atoms with Crippen molar-refractivity contribution in [3.05, 3.63) is 0 Å². The van der Waals surface area contributed by atoms with Crippen LogP contribution in [0.5, 0.6) is 0 Å². The second-order valence-electron chi connectivity index (χ2n) is 7.51. The summed E-state index contributed by atoms with van der Waals surface area (Å²) in [4.78, 5) is 12.1. The van der Waals surface area contributed by atoms with Crippen molar-refractivity contribution in [3.8, 4) is 0 Å². The molecule has 90 valence electrons. The minimum atomic E-state index is 0.322. The van der Waals surface area contributed by atoms with Gasteiger partial charge in [-0.2, -0.15) is 0 Å². The summed E-state index contributed by atoms with van der Waals surface area (Å²) in [6.07, 6.45) is 6.14. The second-order valence-corrected chi connectivity index (χ2v) is 7.51. The molecule has 4 atom stereocenters. The molecule has 0 aromatic heterocycles. The first-order valence-corrected chi connectivity index (χ1v) is 6.87. The van der Waals surface area contributed by atoms with Crippen LogP contribution in [0.15, 0.2) is 0 Å². The van der Waals surface area contributed by atoms with Crippen molar-refractivity contribution in [2.24, 2.45) is 28.1 Å². The van der Waals surface area contributed by atoms with Crippen LogP contribution in [-0.2, 0) is 4.79 Å². The highest BCUT2D eigenvalue weighted by Crippen LogP contribution is 2.80. The third kappa shape index (κ3) is 0.966. The van der Waals surface area contributed by atoms with Crippen molar-refractivity contribution in [3.63, 3.8) is 0 Å². The Kier molecular flexibility index (Phi) is 1.85. The summed E-state index contributed by atoms with van der Waals surface area (Å²) in [5, 5.41) is 0. The van der Waals surface area contributed by atoms with Crippen LogP contribution < -0.4 is 0 Å². The zero-order chi connectivity index (χ0) is 11.8. The molecule has 0 radical (unpaired) electrons. The summed E-state index contributed by atoms with van der Waals surface area (Å²) in [6, 6.07) is 0. The van der Waals surface area contributed by atoms with Crippen LogP contribution in [0, 0.1) is 28.1 Å². The molecule has 0 aliphatic heterocycles. The Bertz CT molecular complexity index is 356. The van der Waals surface area contributed by atoms with Crippen molar-refractivity contribution in [2.45, 2.75) is 59.8 Å². The number of Topliss-reactive ketones (excluding diaryl/α,β-unsaturated/α-hetero) is 1. The maximum Gasteiger partial charge on any atom is 0.136 e. The van der Waals surface area contributed by atoms with Gasteiger partial charge in [0.2, 0.25) is 0 Å². The smallest absolute Gasteiger partial charge is 0.136 e. The number of hydrogen-bond acceptors (Lipinski definition) is 1. The van der Waals surface area contributed by atoms with E-state index in [1.165, 1.54) is 25.7 Å². The first-order valence-electron chi connectivity index (χ1n) is 6.87. The van der Waals surface area contributed by atoms with E-state index < -0.39 is 0 Å². The van der Waals surface area contributed by atoms with Gasteiger partial charge in [-0.1, -0.05) is 34.1 Å². The summed E-state index contributed by atoms with van der Waals surface area (Å²) < 4.78 is 0. The van der Waals surface area contributed by atoms with Crippen molar-refractivity contribution < 1.29 is 4.79 Å². The lowest BCUT2D eigenvalue weighted by atomic mass is 9.48. The summed E-state index contributed by atoms with van der Waals surface area (Å²) in [6.45, 7) is 9.48. The zero-order valence-corrected chi connectivity index (χ0v) is 11.1. The molecule has 3 rings (SSSR count). The Hall–Kier alpha value is -0.330. The predicted octanol–water partition coefficient (Wildman–Crippen LogP) is 3.82. The standard InChI is InChI=1S/C15H24O/c1-10-11-8-15(11)13(2,3)6-5-7-14(15,4)9-12(10)16/h10-11H,5-9H2,1-4H3/t10?,11-,14?,15-/m0/s1. The minimum Gasteiger partial charge on any atom is -0.299 e. The van der Waals surface area contributed by atoms with Gasteiger partial charge in [0.15, 0.2) is 0 Å². The first-order chi connectivity index (χ1) is 7.34. The molecule has 0 bridgehead atoms. The van der Waals surface area contributed by atoms with E-state index in [0.717, 1.165) is 6.42 Å². The number of ketones is 1. The molecule has 0 N–H and O–H groups in total. The fourth-order valence-corrected chi connectivity index (χ4v) is 5.56. The lowest BCUT2D eigenvalue weighted by Gasteiger charge is -2.55. The summed E-state index contributed by atoms with van der Waals surface area (Å²) in [7, 11) is 0. The fourth-order valence-electron chi connectivity index (χ4n) is 5.56. The van der Waals surface area contributed by atoms with Gasteiger partial charge in [-0.3, -0.25) is 4.79 Å². The van der Waals surface area contributed by atoms with Gasteiger partial charge < -0.3 is 0 Å². The highest BCUT2D eigenvalue weighted by molar-refractivity contribution is 5.84. The molecule has 1 spiro atoms. The first kappa shape index (κ1) is 10.8. The van der Waals surface area contributed by atoms with Gasteiger partial charge >= 0.3 is 0 Å². The lowest BCUT2D eigenvalue weighted by Crippen LogP contribution is -2.50. The minimum absolute atomic E-state index is 0.322. The van der Waals surface area contributed by atoms with Crippen molar-refractivity contribution >= 4 is 5.78 Å². The molecule has 0 aromatic carbocycles. The van der Waals surface area contributed by atoms with E-state index in [-0.39, 0.29) is 0 Å². The van der Waals surface area contributed by atoms with E-state index in [9.17, 15) is 4.79 Å². The molecule has 2 unspecified atom stereocenters. The van der Waals surface area contributed by atoms with Gasteiger partial charge in [0.1, 0.15) is 5.78 Å². The number of rotatable bonds is 0. The van der Waals surface area contributed by atoms with Crippen molar-refractivity contribution in [1.29, 1.82) is 0 Å². The molecule has 3 aliphatic rings. The van der Waals surface area contributed by atoms with E-state index in [4.69, 9.17) is 0 Å². The number of carbonyl (C=O) groups excluding carboxylic acids is 1. The van der Waals surface area contributed by atoms with Gasteiger partial charge in [-0.05, 0) is 41.4 Å². The molecule has 3 fully saturated rings. The molecule has 1 nitrogen and oxygen atoms in total. The van der Waals surface area contributed by atoms with Crippen LogP contribution in [0.4, 0.5) is 0 Å². The van der Waals surface area contributed by atoms with Gasteiger partial charge in [-0.25, -0.2) is 0 Å². The Morgan fingerprint density at radius 2 is 1.88 bits per heavy atom. The molecular weight excluding hydrogens is 196 g/mol. The average molecular weight is 220 g/mol. The van der Waals surface area contributed by atoms with Gasteiger partial charge in [0.05, 0.1) is 0 Å². The molecule has 3 aliphatic carbocycles. The normalized spacial score (nSPS) is 54.1. The van der Waals surface area contributed by atoms with E-state index in [1.54, 1.807) is 0 Å². The SMILES string of the molecule is CC1C(=O)CC2(C)CCCC(C)(C)[C@@]23C[C@@H]13. The monoisotopic (exact) mass is 220 g/mol. The predicted molar refractivity (Wildman–Crippen MR) is 65.1 cm³/mol. The summed E-state index contributed by atoms with van der Waals surface area (Å²) >= 11 is 0. The van der Waals surface area contributed by atoms with E-state index in [2.05, 4.69) is 27.7 Å². The zero-order valence-electron chi connectivity index (χ0n) is 11.1. The van der Waals surface area contributed by atoms with Crippen molar-refractivity contribution in [2.75, 3.05) is 0 Å². The van der Waals surface area contributed by atoms with Crippen LogP contribution >= 0.6 is 0 Å². The summed E-state index contributed by atoms with van der Waals surface area (Å²) in [5.41, 5.74) is 1.29. The highest BCUT2D eigenvalue weighted by atomic mass is 16.1. The van der Waals surface area contributed by atoms with Crippen LogP contribution in [-0.4, -0.2) is 5.78 Å². The number of carbonyl (C=O) groups is 1. The molecule has 3 saturated carbocycles. The van der Waals surface area contributed by atoms with E-state index in [0.29, 0.717) is 33.9 Å². The van der Waals surface area contributed by atoms with Crippen LogP contribution in [0.25, 0.3) is 0 Å². The quantitative estimate of drug-likeness (QED) is 0.606. The Labute approximate surface area is 99.0 Å². The molecule has 0 saturated heterocycles. The average Bonchev–Trinajstić information content (AvgIpc) is 2.89. The molecule has 0 heterocycles. The molecule has 16 heavy (non-hydrogen) atoms. The molecular formula is C15H24O. The van der Waals surface area contributed by atoms with Crippen molar-refractivity contribution in [1.82, 2.24) is 0 Å². The Balaban J connectivity index is 2.06. The molecule has 1 heteroatoms. The maximum absolute atomic E-state index is 12.1. The largest absolute Gasteiger partial charge is 0.299 e. The fraction of sp³-hybridized carbons (Fsp3) is 0.933. The third-order valence-electron chi connectivity index (χ3n) is 6.51. The Morgan fingerprint density at radius 3 is 2.56 bits per heavy atom. The van der Waals surface area contributed by atoms with Gasteiger partial charge in [-0.15, -0.1) is 0 Å². The van der Waals surface area contributed by atoms with Crippen LogP contribution in [0.2, 0.25) is 0 Å².